The lowest BCUT2D eigenvalue weighted by Gasteiger charge is -2.30. The van der Waals surface area contributed by atoms with Crippen molar-refractivity contribution in [2.24, 2.45) is 5.41 Å². The maximum Gasteiger partial charge on any atom is 0.417 e. The second-order valence-corrected chi connectivity index (χ2v) is 6.21. The minimum absolute atomic E-state index is 0.0819. The highest BCUT2D eigenvalue weighted by Crippen LogP contribution is 2.37. The van der Waals surface area contributed by atoms with Gasteiger partial charge in [0.1, 0.15) is 6.54 Å². The number of pyridine rings is 1. The summed E-state index contributed by atoms with van der Waals surface area (Å²) in [6.07, 6.45) is -1.63. The van der Waals surface area contributed by atoms with E-state index in [1.165, 1.54) is 0 Å². The van der Waals surface area contributed by atoms with Crippen LogP contribution in [-0.4, -0.2) is 28.2 Å². The first-order valence-electron chi connectivity index (χ1n) is 7.34. The molecule has 1 fully saturated rings. The molecule has 0 aromatic carbocycles. The Morgan fingerprint density at radius 2 is 2.17 bits per heavy atom. The van der Waals surface area contributed by atoms with Gasteiger partial charge >= 0.3 is 6.18 Å². The highest BCUT2D eigenvalue weighted by molar-refractivity contribution is 5.76. The van der Waals surface area contributed by atoms with E-state index in [4.69, 9.17) is 0 Å². The molecule has 0 spiro atoms. The number of aromatic nitrogens is 1. The van der Waals surface area contributed by atoms with Crippen LogP contribution in [0.15, 0.2) is 23.1 Å². The normalized spacial score (nSPS) is 24.7. The molecule has 1 aromatic rings. The van der Waals surface area contributed by atoms with E-state index < -0.39 is 35.2 Å². The monoisotopic (exact) mass is 332 g/mol. The lowest BCUT2D eigenvalue weighted by molar-refractivity contribution is -0.138. The van der Waals surface area contributed by atoms with Gasteiger partial charge in [0.2, 0.25) is 5.91 Å². The van der Waals surface area contributed by atoms with Crippen LogP contribution in [0, 0.1) is 5.41 Å². The molecule has 8 heteroatoms. The number of carbonyl (C=O) groups is 1. The summed E-state index contributed by atoms with van der Waals surface area (Å²) in [6.45, 7) is 1.28. The third-order valence-electron chi connectivity index (χ3n) is 4.40. The van der Waals surface area contributed by atoms with Crippen LogP contribution in [-0.2, 0) is 17.5 Å². The van der Waals surface area contributed by atoms with Gasteiger partial charge in [-0.15, -0.1) is 0 Å². The van der Waals surface area contributed by atoms with E-state index in [1.807, 2.05) is 6.92 Å². The topological polar surface area (TPSA) is 71.3 Å². The van der Waals surface area contributed by atoms with Gasteiger partial charge in [-0.05, 0) is 18.9 Å². The van der Waals surface area contributed by atoms with Crippen molar-refractivity contribution < 1.29 is 23.1 Å². The van der Waals surface area contributed by atoms with Crippen LogP contribution in [0.1, 0.15) is 31.7 Å². The van der Waals surface area contributed by atoms with Crippen LogP contribution in [0.2, 0.25) is 0 Å². The SMILES string of the molecule is CC1(CO)CCCC1NC(=O)Cn1cc(C(F)(F)F)ccc1=O. The van der Waals surface area contributed by atoms with E-state index in [0.717, 1.165) is 23.5 Å². The molecule has 0 saturated heterocycles. The molecule has 2 unspecified atom stereocenters. The number of halogens is 3. The van der Waals surface area contributed by atoms with E-state index >= 15 is 0 Å². The Kier molecular flexibility index (Phi) is 4.84. The maximum atomic E-state index is 12.7. The second kappa shape index (κ2) is 6.35. The number of alkyl halides is 3. The number of hydrogen-bond acceptors (Lipinski definition) is 3. The fraction of sp³-hybridized carbons (Fsp3) is 0.600. The molecule has 1 aromatic heterocycles. The minimum atomic E-state index is -4.58. The number of amides is 1. The number of hydrogen-bond donors (Lipinski definition) is 2. The van der Waals surface area contributed by atoms with Gasteiger partial charge in [0.25, 0.3) is 5.56 Å². The lowest BCUT2D eigenvalue weighted by atomic mass is 9.86. The van der Waals surface area contributed by atoms with E-state index in [9.17, 15) is 27.9 Å². The summed E-state index contributed by atoms with van der Waals surface area (Å²) in [7, 11) is 0. The highest BCUT2D eigenvalue weighted by Gasteiger charge is 2.39. The van der Waals surface area contributed by atoms with Crippen LogP contribution < -0.4 is 10.9 Å². The minimum Gasteiger partial charge on any atom is -0.396 e. The predicted molar refractivity (Wildman–Crippen MR) is 76.7 cm³/mol. The van der Waals surface area contributed by atoms with Crippen LogP contribution in [0.4, 0.5) is 13.2 Å². The second-order valence-electron chi connectivity index (χ2n) is 6.21. The molecule has 1 saturated carbocycles. The molecule has 1 heterocycles. The van der Waals surface area contributed by atoms with Gasteiger partial charge in [0.05, 0.1) is 12.2 Å². The predicted octanol–water partition coefficient (Wildman–Crippen LogP) is 1.53. The molecule has 1 amide bonds. The Bertz CT molecular complexity index is 642. The average molecular weight is 332 g/mol. The molecule has 128 valence electrons. The molecule has 2 rings (SSSR count). The van der Waals surface area contributed by atoms with Crippen molar-refractivity contribution in [1.82, 2.24) is 9.88 Å². The fourth-order valence-corrected chi connectivity index (χ4v) is 2.89. The number of nitrogens with one attached hydrogen (secondary N) is 1. The van der Waals surface area contributed by atoms with E-state index in [1.54, 1.807) is 0 Å². The molecule has 2 N–H and O–H groups in total. The number of aliphatic hydroxyl groups excluding tert-OH is 1. The third kappa shape index (κ3) is 3.93. The molecule has 1 aliphatic carbocycles. The zero-order valence-corrected chi connectivity index (χ0v) is 12.7. The Labute approximate surface area is 131 Å². The smallest absolute Gasteiger partial charge is 0.396 e. The Morgan fingerprint density at radius 3 is 2.78 bits per heavy atom. The fourth-order valence-electron chi connectivity index (χ4n) is 2.89. The Hall–Kier alpha value is -1.83. The van der Waals surface area contributed by atoms with E-state index in [2.05, 4.69) is 5.32 Å². The van der Waals surface area contributed by atoms with Crippen molar-refractivity contribution in [3.8, 4) is 0 Å². The summed E-state index contributed by atoms with van der Waals surface area (Å²) >= 11 is 0. The van der Waals surface area contributed by atoms with Crippen LogP contribution in [0.5, 0.6) is 0 Å². The molecule has 0 radical (unpaired) electrons. The van der Waals surface area contributed by atoms with Crippen LogP contribution in [0.25, 0.3) is 0 Å². The first-order valence-corrected chi connectivity index (χ1v) is 7.34. The summed E-state index contributed by atoms with van der Waals surface area (Å²) in [6, 6.07) is 1.24. The zero-order chi connectivity index (χ0) is 17.3. The molecule has 23 heavy (non-hydrogen) atoms. The Balaban J connectivity index is 2.10. The van der Waals surface area contributed by atoms with Crippen LogP contribution in [0.3, 0.4) is 0 Å². The molecule has 2 atom stereocenters. The summed E-state index contributed by atoms with van der Waals surface area (Å²) in [4.78, 5) is 23.7. The summed E-state index contributed by atoms with van der Waals surface area (Å²) in [5.74, 6) is -0.544. The van der Waals surface area contributed by atoms with Gasteiger partial charge < -0.3 is 15.0 Å². The van der Waals surface area contributed by atoms with E-state index in [0.29, 0.717) is 18.7 Å². The standard InChI is InChI=1S/C15H19F3N2O3/c1-14(9-21)6-2-3-11(14)19-12(22)8-20-7-10(15(16,17)18)4-5-13(20)23/h4-5,7,11,21H,2-3,6,8-9H2,1H3,(H,19,22). The molecular weight excluding hydrogens is 313 g/mol. The van der Waals surface area contributed by atoms with Crippen LogP contribution >= 0.6 is 0 Å². The number of aliphatic hydroxyl groups is 1. The number of nitrogens with zero attached hydrogens (tertiary/aromatic N) is 1. The molecule has 1 aliphatic rings. The van der Waals surface area contributed by atoms with Gasteiger partial charge in [-0.25, -0.2) is 0 Å². The summed E-state index contributed by atoms with van der Waals surface area (Å²) in [5.41, 5.74) is -2.09. The molecule has 5 nitrogen and oxygen atoms in total. The van der Waals surface area contributed by atoms with Crippen molar-refractivity contribution in [3.05, 3.63) is 34.2 Å². The average Bonchev–Trinajstić information content (AvgIpc) is 2.82. The maximum absolute atomic E-state index is 12.7. The van der Waals surface area contributed by atoms with Gasteiger partial charge in [-0.2, -0.15) is 13.2 Å². The Morgan fingerprint density at radius 1 is 1.48 bits per heavy atom. The molecule has 0 bridgehead atoms. The molecular formula is C15H19F3N2O3. The number of rotatable bonds is 4. The number of carbonyl (C=O) groups excluding carboxylic acids is 1. The van der Waals surface area contributed by atoms with Crippen molar-refractivity contribution in [2.75, 3.05) is 6.61 Å². The van der Waals surface area contributed by atoms with Crippen molar-refractivity contribution in [2.45, 2.75) is 44.9 Å². The lowest BCUT2D eigenvalue weighted by Crippen LogP contribution is -2.46. The van der Waals surface area contributed by atoms with Gasteiger partial charge in [-0.1, -0.05) is 13.3 Å². The van der Waals surface area contributed by atoms with Gasteiger partial charge in [0, 0.05) is 23.7 Å². The highest BCUT2D eigenvalue weighted by atomic mass is 19.4. The van der Waals surface area contributed by atoms with E-state index in [-0.39, 0.29) is 12.6 Å². The molecule has 0 aliphatic heterocycles. The first kappa shape index (κ1) is 17.5. The van der Waals surface area contributed by atoms with Crippen molar-refractivity contribution >= 4 is 5.91 Å². The summed E-state index contributed by atoms with van der Waals surface area (Å²) in [5, 5.41) is 12.2. The third-order valence-corrected chi connectivity index (χ3v) is 4.40. The zero-order valence-electron chi connectivity index (χ0n) is 12.7. The largest absolute Gasteiger partial charge is 0.417 e. The van der Waals surface area contributed by atoms with Crippen molar-refractivity contribution in [3.63, 3.8) is 0 Å². The van der Waals surface area contributed by atoms with Gasteiger partial charge in [0.15, 0.2) is 0 Å². The van der Waals surface area contributed by atoms with Gasteiger partial charge in [-0.3, -0.25) is 9.59 Å². The van der Waals surface area contributed by atoms with Crippen molar-refractivity contribution in [1.29, 1.82) is 0 Å². The quantitative estimate of drug-likeness (QED) is 0.878. The first-order chi connectivity index (χ1) is 10.7. The summed E-state index contributed by atoms with van der Waals surface area (Å²) < 4.78 is 38.7.